The van der Waals surface area contributed by atoms with E-state index >= 15 is 0 Å². The Bertz CT molecular complexity index is 1420. The number of aromatic nitrogens is 2. The molecule has 0 spiro atoms. The van der Waals surface area contributed by atoms with Crippen molar-refractivity contribution in [1.82, 2.24) is 9.55 Å². The second-order valence-corrected chi connectivity index (χ2v) is 7.09. The van der Waals surface area contributed by atoms with E-state index in [4.69, 9.17) is 13.6 Å². The lowest BCUT2D eigenvalue weighted by Gasteiger charge is -2.10. The van der Waals surface area contributed by atoms with Gasteiger partial charge < -0.3 is 13.6 Å². The Labute approximate surface area is 170 Å². The van der Waals surface area contributed by atoms with E-state index in [0.717, 1.165) is 16.5 Å². The van der Waals surface area contributed by atoms with Gasteiger partial charge in [-0.05, 0) is 44.4 Å². The molecule has 1 aromatic carbocycles. The molecule has 0 aliphatic heterocycles. The Hall–Kier alpha value is -3.68. The molecule has 154 valence electrons. The lowest BCUT2D eigenvalue weighted by molar-refractivity contribution is 0.0526. The number of esters is 1. The second-order valence-electron chi connectivity index (χ2n) is 7.09. The van der Waals surface area contributed by atoms with Gasteiger partial charge in [-0.2, -0.15) is 0 Å². The molecule has 4 aromatic rings. The predicted octanol–water partition coefficient (Wildman–Crippen LogP) is 3.25. The average molecular weight is 408 g/mol. The van der Waals surface area contributed by atoms with Crippen molar-refractivity contribution in [3.05, 3.63) is 73.3 Å². The third kappa shape index (κ3) is 3.10. The highest BCUT2D eigenvalue weighted by atomic mass is 16.5. The van der Waals surface area contributed by atoms with Crippen LogP contribution >= 0.6 is 0 Å². The van der Waals surface area contributed by atoms with Crippen molar-refractivity contribution in [1.29, 1.82) is 0 Å². The van der Waals surface area contributed by atoms with Gasteiger partial charge >= 0.3 is 11.6 Å². The smallest absolute Gasteiger partial charge is 0.342 e. The molecule has 0 unspecified atom stereocenters. The van der Waals surface area contributed by atoms with Crippen LogP contribution in [0, 0.1) is 20.8 Å². The third-order valence-corrected chi connectivity index (χ3v) is 5.19. The van der Waals surface area contributed by atoms with Crippen LogP contribution in [0.5, 0.6) is 0 Å². The summed E-state index contributed by atoms with van der Waals surface area (Å²) in [6, 6.07) is 5.16. The van der Waals surface area contributed by atoms with Crippen LogP contribution in [0.3, 0.4) is 0 Å². The summed E-state index contributed by atoms with van der Waals surface area (Å²) in [4.78, 5) is 41.8. The van der Waals surface area contributed by atoms with Gasteiger partial charge in [-0.25, -0.2) is 14.6 Å². The summed E-state index contributed by atoms with van der Waals surface area (Å²) in [5.41, 5.74) is 2.16. The van der Waals surface area contributed by atoms with Crippen LogP contribution in [0.25, 0.3) is 22.1 Å². The van der Waals surface area contributed by atoms with Crippen molar-refractivity contribution in [2.75, 3.05) is 6.61 Å². The molecule has 8 heteroatoms. The van der Waals surface area contributed by atoms with Crippen LogP contribution in [-0.2, 0) is 11.3 Å². The predicted molar refractivity (Wildman–Crippen MR) is 110 cm³/mol. The van der Waals surface area contributed by atoms with Crippen LogP contribution in [0.15, 0.2) is 42.9 Å². The number of hydrogen-bond donors (Lipinski definition) is 0. The van der Waals surface area contributed by atoms with E-state index in [-0.39, 0.29) is 35.6 Å². The normalized spacial score (nSPS) is 11.3. The topological polar surface area (TPSA) is 105 Å². The van der Waals surface area contributed by atoms with Crippen LogP contribution < -0.4 is 11.2 Å². The van der Waals surface area contributed by atoms with Crippen molar-refractivity contribution in [2.45, 2.75) is 34.2 Å². The van der Waals surface area contributed by atoms with Crippen LogP contribution in [0.2, 0.25) is 0 Å². The van der Waals surface area contributed by atoms with Gasteiger partial charge in [0.15, 0.2) is 0 Å². The van der Waals surface area contributed by atoms with Crippen LogP contribution in [0.4, 0.5) is 0 Å². The molecule has 0 amide bonds. The van der Waals surface area contributed by atoms with E-state index in [1.165, 1.54) is 17.0 Å². The third-order valence-electron chi connectivity index (χ3n) is 5.19. The maximum absolute atomic E-state index is 13.2. The second kappa shape index (κ2) is 7.29. The zero-order valence-electron chi connectivity index (χ0n) is 17.1. The standard InChI is InChI=1S/C22H20N2O6/c1-5-28-22(27)17-13(4)29-20-18(17)21(26)24(10-23-20)9-14-8-16(25)30-19-12(3)11(2)6-7-15(14)19/h6-8,10H,5,9H2,1-4H3. The van der Waals surface area contributed by atoms with Gasteiger partial charge in [-0.1, -0.05) is 12.1 Å². The number of rotatable bonds is 4. The fraction of sp³-hybridized carbons (Fsp3) is 0.273. The van der Waals surface area contributed by atoms with E-state index < -0.39 is 17.2 Å². The largest absolute Gasteiger partial charge is 0.462 e. The summed E-state index contributed by atoms with van der Waals surface area (Å²) in [5, 5.41) is 0.798. The Morgan fingerprint density at radius 2 is 1.93 bits per heavy atom. The molecule has 0 aliphatic carbocycles. The molecular weight excluding hydrogens is 388 g/mol. The highest BCUT2D eigenvalue weighted by Gasteiger charge is 2.24. The Balaban J connectivity index is 1.90. The summed E-state index contributed by atoms with van der Waals surface area (Å²) in [5.74, 6) is -0.370. The van der Waals surface area contributed by atoms with E-state index in [0.29, 0.717) is 11.1 Å². The number of fused-ring (bicyclic) bond motifs is 2. The maximum atomic E-state index is 13.2. The van der Waals surface area contributed by atoms with Gasteiger partial charge in [0.2, 0.25) is 5.71 Å². The summed E-state index contributed by atoms with van der Waals surface area (Å²) in [6.07, 6.45) is 1.34. The number of carbonyl (C=O) groups excluding carboxylic acids is 1. The number of ether oxygens (including phenoxy) is 1. The molecule has 0 N–H and O–H groups in total. The Kier molecular flexibility index (Phi) is 4.77. The monoisotopic (exact) mass is 408 g/mol. The van der Waals surface area contributed by atoms with E-state index in [9.17, 15) is 14.4 Å². The fourth-order valence-corrected chi connectivity index (χ4v) is 3.54. The Morgan fingerprint density at radius 1 is 1.17 bits per heavy atom. The van der Waals surface area contributed by atoms with E-state index in [1.54, 1.807) is 13.8 Å². The molecule has 0 aliphatic rings. The number of furan rings is 1. The molecule has 0 saturated heterocycles. The molecule has 30 heavy (non-hydrogen) atoms. The minimum absolute atomic E-state index is 0.0627. The highest BCUT2D eigenvalue weighted by Crippen LogP contribution is 2.25. The number of aryl methyl sites for hydroxylation is 3. The summed E-state index contributed by atoms with van der Waals surface area (Å²) < 4.78 is 17.3. The van der Waals surface area contributed by atoms with Gasteiger partial charge in [0.25, 0.3) is 5.56 Å². The fourth-order valence-electron chi connectivity index (χ4n) is 3.54. The minimum Gasteiger partial charge on any atom is -0.462 e. The van der Waals surface area contributed by atoms with Gasteiger partial charge in [0.05, 0.1) is 13.2 Å². The first-order valence-electron chi connectivity index (χ1n) is 9.50. The molecule has 8 nitrogen and oxygen atoms in total. The highest BCUT2D eigenvalue weighted by molar-refractivity contribution is 6.03. The first-order chi connectivity index (χ1) is 14.3. The average Bonchev–Trinajstić information content (AvgIpc) is 3.04. The van der Waals surface area contributed by atoms with E-state index in [2.05, 4.69) is 4.98 Å². The number of carbonyl (C=O) groups is 1. The van der Waals surface area contributed by atoms with Gasteiger partial charge in [0.1, 0.15) is 28.6 Å². The minimum atomic E-state index is -0.637. The van der Waals surface area contributed by atoms with Crippen molar-refractivity contribution >= 4 is 28.0 Å². The lowest BCUT2D eigenvalue weighted by Crippen LogP contribution is -2.23. The molecule has 0 saturated carbocycles. The number of hydrogen-bond acceptors (Lipinski definition) is 7. The van der Waals surface area contributed by atoms with Crippen molar-refractivity contribution in [3.63, 3.8) is 0 Å². The quantitative estimate of drug-likeness (QED) is 0.377. The van der Waals surface area contributed by atoms with Gasteiger partial charge in [-0.3, -0.25) is 9.36 Å². The zero-order valence-corrected chi connectivity index (χ0v) is 17.1. The first kappa shape index (κ1) is 19.6. The van der Waals surface area contributed by atoms with E-state index in [1.807, 2.05) is 26.0 Å². The first-order valence-corrected chi connectivity index (χ1v) is 9.50. The molecule has 0 fully saturated rings. The summed E-state index contributed by atoms with van der Waals surface area (Å²) in [6.45, 7) is 7.33. The van der Waals surface area contributed by atoms with Crippen molar-refractivity contribution in [2.24, 2.45) is 0 Å². The SMILES string of the molecule is CCOC(=O)c1c(C)oc2ncn(Cc3cc(=O)oc4c(C)c(C)ccc34)c(=O)c12. The molecule has 0 radical (unpaired) electrons. The van der Waals surface area contributed by atoms with Crippen molar-refractivity contribution in [3.8, 4) is 0 Å². The molecular formula is C22H20N2O6. The summed E-state index contributed by atoms with van der Waals surface area (Å²) >= 11 is 0. The van der Waals surface area contributed by atoms with Gasteiger partial charge in [-0.15, -0.1) is 0 Å². The zero-order chi connectivity index (χ0) is 21.6. The molecule has 3 aromatic heterocycles. The summed E-state index contributed by atoms with van der Waals surface area (Å²) in [7, 11) is 0. The molecule has 3 heterocycles. The van der Waals surface area contributed by atoms with Crippen molar-refractivity contribution < 1.29 is 18.4 Å². The lowest BCUT2D eigenvalue weighted by atomic mass is 10.0. The van der Waals surface area contributed by atoms with Gasteiger partial charge in [0, 0.05) is 11.5 Å². The maximum Gasteiger partial charge on any atom is 0.342 e. The molecule has 4 rings (SSSR count). The number of nitrogens with zero attached hydrogens (tertiary/aromatic N) is 2. The number of benzene rings is 1. The Morgan fingerprint density at radius 3 is 2.67 bits per heavy atom. The molecule has 0 atom stereocenters. The van der Waals surface area contributed by atoms with Crippen LogP contribution in [0.1, 0.15) is 39.7 Å². The van der Waals surface area contributed by atoms with Crippen LogP contribution in [-0.4, -0.2) is 22.1 Å². The molecule has 0 bridgehead atoms.